The van der Waals surface area contributed by atoms with Crippen LogP contribution in [-0.2, 0) is 14.4 Å². The van der Waals surface area contributed by atoms with E-state index in [9.17, 15) is 14.4 Å². The second-order valence-electron chi connectivity index (χ2n) is 8.77. The summed E-state index contributed by atoms with van der Waals surface area (Å²) in [5, 5.41) is 2.98. The molecule has 2 aromatic carbocycles. The van der Waals surface area contributed by atoms with Crippen molar-refractivity contribution >= 4 is 23.4 Å². The van der Waals surface area contributed by atoms with Crippen LogP contribution >= 0.6 is 0 Å². The van der Waals surface area contributed by atoms with Crippen molar-refractivity contribution in [2.75, 3.05) is 50.7 Å². The van der Waals surface area contributed by atoms with Gasteiger partial charge in [-0.15, -0.1) is 0 Å². The lowest BCUT2D eigenvalue weighted by atomic mass is 10.1. The Hall–Kier alpha value is -3.39. The second-order valence-corrected chi connectivity index (χ2v) is 8.77. The largest absolute Gasteiger partial charge is 0.481 e. The number of nitrogens with zero attached hydrogens (tertiary/aromatic N) is 3. The number of rotatable bonds is 8. The molecule has 2 unspecified atom stereocenters. The Labute approximate surface area is 200 Å². The van der Waals surface area contributed by atoms with Crippen molar-refractivity contribution in [3.05, 3.63) is 60.7 Å². The zero-order valence-electron chi connectivity index (χ0n) is 19.6. The first kappa shape index (κ1) is 23.8. The topological polar surface area (TPSA) is 82.2 Å². The Balaban J connectivity index is 1.15. The zero-order chi connectivity index (χ0) is 23.9. The minimum atomic E-state index is -0.530. The van der Waals surface area contributed by atoms with Gasteiger partial charge in [-0.3, -0.25) is 19.3 Å². The van der Waals surface area contributed by atoms with E-state index in [1.54, 1.807) is 11.8 Å². The van der Waals surface area contributed by atoms with Crippen LogP contribution in [0.1, 0.15) is 13.3 Å². The molecule has 34 heavy (non-hydrogen) atoms. The quantitative estimate of drug-likeness (QED) is 0.644. The Morgan fingerprint density at radius 3 is 2.32 bits per heavy atom. The lowest BCUT2D eigenvalue weighted by molar-refractivity contribution is -0.139. The number of carbonyl (C=O) groups is 3. The van der Waals surface area contributed by atoms with Gasteiger partial charge in [-0.2, -0.15) is 0 Å². The van der Waals surface area contributed by atoms with Crippen LogP contribution in [0.15, 0.2) is 60.7 Å². The standard InChI is InChI=1S/C26H32N4O4/c1-20(34-23-10-6-3-7-11-23)26(33)29-16-14-28(15-17-29)13-12-27-25(32)21-18-24(31)30(19-21)22-8-4-2-5-9-22/h2-11,20-21H,12-19H2,1H3,(H,27,32). The third kappa shape index (κ3) is 5.94. The van der Waals surface area contributed by atoms with Crippen LogP contribution in [0.4, 0.5) is 5.69 Å². The van der Waals surface area contributed by atoms with Crippen molar-refractivity contribution in [2.45, 2.75) is 19.4 Å². The number of nitrogens with one attached hydrogen (secondary N) is 1. The molecule has 2 atom stereocenters. The van der Waals surface area contributed by atoms with Gasteiger partial charge in [-0.25, -0.2) is 0 Å². The van der Waals surface area contributed by atoms with E-state index < -0.39 is 6.10 Å². The predicted octanol–water partition coefficient (Wildman–Crippen LogP) is 1.77. The number of amides is 3. The molecule has 0 saturated carbocycles. The van der Waals surface area contributed by atoms with Crippen LogP contribution in [0, 0.1) is 5.92 Å². The molecule has 8 nitrogen and oxygen atoms in total. The van der Waals surface area contributed by atoms with Crippen LogP contribution in [-0.4, -0.2) is 79.4 Å². The van der Waals surface area contributed by atoms with E-state index in [0.29, 0.717) is 38.5 Å². The second kappa shape index (κ2) is 11.2. The third-order valence-corrected chi connectivity index (χ3v) is 6.38. The van der Waals surface area contributed by atoms with Crippen molar-refractivity contribution in [3.8, 4) is 5.75 Å². The van der Waals surface area contributed by atoms with Gasteiger partial charge >= 0.3 is 0 Å². The maximum atomic E-state index is 12.7. The average molecular weight is 465 g/mol. The molecule has 180 valence electrons. The monoisotopic (exact) mass is 464 g/mol. The Bertz CT molecular complexity index is 977. The molecule has 1 N–H and O–H groups in total. The number of para-hydroxylation sites is 2. The highest BCUT2D eigenvalue weighted by molar-refractivity contribution is 6.00. The fourth-order valence-electron chi connectivity index (χ4n) is 4.42. The summed E-state index contributed by atoms with van der Waals surface area (Å²) in [4.78, 5) is 43.4. The lowest BCUT2D eigenvalue weighted by Crippen LogP contribution is -2.53. The fraction of sp³-hybridized carbons (Fsp3) is 0.423. The number of benzene rings is 2. The molecule has 2 aliphatic rings. The van der Waals surface area contributed by atoms with Gasteiger partial charge in [0.05, 0.1) is 5.92 Å². The van der Waals surface area contributed by atoms with Gasteiger partial charge in [0.1, 0.15) is 5.75 Å². The van der Waals surface area contributed by atoms with Crippen LogP contribution < -0.4 is 15.0 Å². The lowest BCUT2D eigenvalue weighted by Gasteiger charge is -2.35. The van der Waals surface area contributed by atoms with Crippen molar-refractivity contribution in [2.24, 2.45) is 5.92 Å². The molecule has 0 aromatic heterocycles. The van der Waals surface area contributed by atoms with Gasteiger partial charge in [0.25, 0.3) is 5.91 Å². The summed E-state index contributed by atoms with van der Waals surface area (Å²) < 4.78 is 5.76. The number of carbonyl (C=O) groups excluding carboxylic acids is 3. The van der Waals surface area contributed by atoms with Gasteiger partial charge in [-0.05, 0) is 31.2 Å². The molecule has 2 saturated heterocycles. The van der Waals surface area contributed by atoms with E-state index in [1.165, 1.54) is 0 Å². The third-order valence-electron chi connectivity index (χ3n) is 6.38. The SMILES string of the molecule is CC(Oc1ccccc1)C(=O)N1CCN(CCNC(=O)C2CC(=O)N(c3ccccc3)C2)CC1. The average Bonchev–Trinajstić information content (AvgIpc) is 3.27. The number of hydrogen-bond donors (Lipinski definition) is 1. The molecule has 3 amide bonds. The predicted molar refractivity (Wildman–Crippen MR) is 129 cm³/mol. The summed E-state index contributed by atoms with van der Waals surface area (Å²) in [7, 11) is 0. The summed E-state index contributed by atoms with van der Waals surface area (Å²) in [6.07, 6.45) is -0.289. The van der Waals surface area contributed by atoms with Crippen molar-refractivity contribution in [1.82, 2.24) is 15.1 Å². The molecule has 2 aliphatic heterocycles. The van der Waals surface area contributed by atoms with Gasteiger partial charge < -0.3 is 19.9 Å². The summed E-state index contributed by atoms with van der Waals surface area (Å²) in [5.74, 6) is 0.262. The summed E-state index contributed by atoms with van der Waals surface area (Å²) in [6, 6.07) is 18.8. The van der Waals surface area contributed by atoms with Crippen LogP contribution in [0.25, 0.3) is 0 Å². The number of piperazine rings is 1. The highest BCUT2D eigenvalue weighted by Crippen LogP contribution is 2.24. The minimum Gasteiger partial charge on any atom is -0.481 e. The van der Waals surface area contributed by atoms with Gasteiger partial charge in [0.15, 0.2) is 6.10 Å². The molecule has 2 fully saturated rings. The molecular weight excluding hydrogens is 432 g/mol. The minimum absolute atomic E-state index is 0.00863. The van der Waals surface area contributed by atoms with E-state index in [-0.39, 0.29) is 30.1 Å². The van der Waals surface area contributed by atoms with Crippen LogP contribution in [0.5, 0.6) is 5.75 Å². The first-order valence-corrected chi connectivity index (χ1v) is 11.9. The molecule has 2 heterocycles. The molecule has 0 aliphatic carbocycles. The maximum absolute atomic E-state index is 12.7. The fourth-order valence-corrected chi connectivity index (χ4v) is 4.42. The smallest absolute Gasteiger partial charge is 0.263 e. The number of anilines is 1. The Morgan fingerprint density at radius 1 is 1.00 bits per heavy atom. The van der Waals surface area contributed by atoms with Gasteiger partial charge in [-0.1, -0.05) is 36.4 Å². The Kier molecular flexibility index (Phi) is 7.80. The molecule has 4 rings (SSSR count). The normalized spacial score (nSPS) is 19.7. The van der Waals surface area contributed by atoms with Crippen molar-refractivity contribution < 1.29 is 19.1 Å². The molecule has 0 spiro atoms. The van der Waals surface area contributed by atoms with Crippen molar-refractivity contribution in [3.63, 3.8) is 0 Å². The van der Waals surface area contributed by atoms with Gasteiger partial charge in [0, 0.05) is 57.9 Å². The highest BCUT2D eigenvalue weighted by atomic mass is 16.5. The number of ether oxygens (including phenoxy) is 1. The van der Waals surface area contributed by atoms with E-state index in [2.05, 4.69) is 10.2 Å². The van der Waals surface area contributed by atoms with E-state index in [4.69, 9.17) is 4.74 Å². The zero-order valence-corrected chi connectivity index (χ0v) is 19.6. The molecule has 0 radical (unpaired) electrons. The molecule has 0 bridgehead atoms. The van der Waals surface area contributed by atoms with Crippen molar-refractivity contribution in [1.29, 1.82) is 0 Å². The van der Waals surface area contributed by atoms with Crippen LogP contribution in [0.3, 0.4) is 0 Å². The van der Waals surface area contributed by atoms with Gasteiger partial charge in [0.2, 0.25) is 11.8 Å². The van der Waals surface area contributed by atoms with Crippen LogP contribution in [0.2, 0.25) is 0 Å². The van der Waals surface area contributed by atoms with E-state index in [0.717, 1.165) is 18.8 Å². The number of hydrogen-bond acceptors (Lipinski definition) is 5. The first-order chi connectivity index (χ1) is 16.5. The van der Waals surface area contributed by atoms with E-state index in [1.807, 2.05) is 65.6 Å². The molecule has 8 heteroatoms. The molecule has 2 aromatic rings. The van der Waals surface area contributed by atoms with E-state index >= 15 is 0 Å². The molecular formula is C26H32N4O4. The maximum Gasteiger partial charge on any atom is 0.263 e. The summed E-state index contributed by atoms with van der Waals surface area (Å²) in [6.45, 7) is 6.22. The summed E-state index contributed by atoms with van der Waals surface area (Å²) in [5.41, 5.74) is 0.832. The Morgan fingerprint density at radius 2 is 1.65 bits per heavy atom. The highest BCUT2D eigenvalue weighted by Gasteiger charge is 2.35. The first-order valence-electron chi connectivity index (χ1n) is 11.9. The summed E-state index contributed by atoms with van der Waals surface area (Å²) >= 11 is 0.